The molecule has 0 radical (unpaired) electrons. The molecule has 8 nitrogen and oxygen atoms in total. The highest BCUT2D eigenvalue weighted by molar-refractivity contribution is 5.92. The van der Waals surface area contributed by atoms with Crippen LogP contribution in [0.4, 0.5) is 5.82 Å². The number of anilines is 1. The maximum absolute atomic E-state index is 12.1. The van der Waals surface area contributed by atoms with E-state index in [1.54, 1.807) is 43.5 Å². The number of amides is 1. The Hall–Kier alpha value is -3.29. The molecule has 8 heteroatoms. The van der Waals surface area contributed by atoms with Crippen molar-refractivity contribution in [3.63, 3.8) is 0 Å². The minimum Gasteiger partial charge on any atom is -0.384 e. The van der Waals surface area contributed by atoms with Crippen molar-refractivity contribution >= 4 is 11.7 Å². The third kappa shape index (κ3) is 3.31. The average Bonchev–Trinajstić information content (AvgIpc) is 3.06. The van der Waals surface area contributed by atoms with E-state index < -0.39 is 6.04 Å². The fourth-order valence-corrected chi connectivity index (χ4v) is 1.92. The Bertz CT molecular complexity index is 818. The van der Waals surface area contributed by atoms with Crippen LogP contribution in [0.3, 0.4) is 0 Å². The third-order valence-corrected chi connectivity index (χ3v) is 3.06. The van der Waals surface area contributed by atoms with E-state index in [-0.39, 0.29) is 23.3 Å². The van der Waals surface area contributed by atoms with Gasteiger partial charge in [0, 0.05) is 6.20 Å². The Morgan fingerprint density at radius 1 is 1.22 bits per heavy atom. The van der Waals surface area contributed by atoms with Crippen LogP contribution in [-0.4, -0.2) is 26.0 Å². The zero-order chi connectivity index (χ0) is 16.2. The molecule has 0 bridgehead atoms. The molecule has 23 heavy (non-hydrogen) atoms. The number of hydrogen-bond donors (Lipinski definition) is 2. The number of hydrogen-bond acceptors (Lipinski definition) is 7. The number of aromatic nitrogens is 4. The minimum absolute atomic E-state index is 0.223. The molecular weight excluding hydrogens is 296 g/mol. The molecule has 3 aromatic rings. The lowest BCUT2D eigenvalue weighted by Crippen LogP contribution is -2.27. The molecule has 116 valence electrons. The standard InChI is InChI=1S/C15H14N6O2/c1-9(18-14(22)11-6-4-7-12(16)19-11)15-20-13(21-23-15)10-5-2-3-8-17-10/h2-9H,1H3,(H2,16,19)(H,18,22)/t9-/m0/s1. The van der Waals surface area contributed by atoms with Gasteiger partial charge >= 0.3 is 0 Å². The Labute approximate surface area is 131 Å². The molecule has 3 rings (SSSR count). The number of carbonyl (C=O) groups excluding carboxylic acids is 1. The molecule has 3 N–H and O–H groups in total. The summed E-state index contributed by atoms with van der Waals surface area (Å²) in [6.07, 6.45) is 1.64. The summed E-state index contributed by atoms with van der Waals surface area (Å²) >= 11 is 0. The number of pyridine rings is 2. The van der Waals surface area contributed by atoms with Crippen LogP contribution in [0.25, 0.3) is 11.5 Å². The number of nitrogens with one attached hydrogen (secondary N) is 1. The second-order valence-electron chi connectivity index (χ2n) is 4.81. The van der Waals surface area contributed by atoms with Crippen LogP contribution in [-0.2, 0) is 0 Å². The zero-order valence-electron chi connectivity index (χ0n) is 12.3. The number of nitrogens with two attached hydrogens (primary N) is 1. The molecule has 3 aromatic heterocycles. The largest absolute Gasteiger partial charge is 0.384 e. The molecule has 0 aliphatic heterocycles. The summed E-state index contributed by atoms with van der Waals surface area (Å²) in [5.41, 5.74) is 6.39. The molecular formula is C15H14N6O2. The van der Waals surface area contributed by atoms with Gasteiger partial charge in [0.05, 0.1) is 0 Å². The van der Waals surface area contributed by atoms with Crippen molar-refractivity contribution in [2.24, 2.45) is 0 Å². The van der Waals surface area contributed by atoms with E-state index in [9.17, 15) is 4.79 Å². The van der Waals surface area contributed by atoms with Crippen LogP contribution in [0, 0.1) is 0 Å². The smallest absolute Gasteiger partial charge is 0.270 e. The van der Waals surface area contributed by atoms with Gasteiger partial charge in [-0.2, -0.15) is 4.98 Å². The molecule has 0 unspecified atom stereocenters. The molecule has 0 aliphatic rings. The summed E-state index contributed by atoms with van der Waals surface area (Å²) in [6.45, 7) is 1.74. The van der Waals surface area contributed by atoms with Gasteiger partial charge in [-0.15, -0.1) is 0 Å². The minimum atomic E-state index is -0.476. The van der Waals surface area contributed by atoms with E-state index in [2.05, 4.69) is 25.4 Å². The molecule has 0 saturated heterocycles. The van der Waals surface area contributed by atoms with Gasteiger partial charge in [0.1, 0.15) is 23.2 Å². The van der Waals surface area contributed by atoms with Gasteiger partial charge in [0.2, 0.25) is 11.7 Å². The van der Waals surface area contributed by atoms with Crippen LogP contribution < -0.4 is 11.1 Å². The fraction of sp³-hybridized carbons (Fsp3) is 0.133. The van der Waals surface area contributed by atoms with Crippen LogP contribution in [0.5, 0.6) is 0 Å². The van der Waals surface area contributed by atoms with Crippen molar-refractivity contribution in [3.8, 4) is 11.5 Å². The van der Waals surface area contributed by atoms with E-state index in [1.807, 2.05) is 6.07 Å². The highest BCUT2D eigenvalue weighted by Gasteiger charge is 2.19. The van der Waals surface area contributed by atoms with Crippen LogP contribution >= 0.6 is 0 Å². The first-order valence-electron chi connectivity index (χ1n) is 6.92. The topological polar surface area (TPSA) is 120 Å². The summed E-state index contributed by atoms with van der Waals surface area (Å²) in [6, 6.07) is 9.77. The van der Waals surface area contributed by atoms with E-state index in [0.29, 0.717) is 11.5 Å². The van der Waals surface area contributed by atoms with Crippen molar-refractivity contribution in [3.05, 3.63) is 54.2 Å². The predicted molar refractivity (Wildman–Crippen MR) is 82.1 cm³/mol. The van der Waals surface area contributed by atoms with Crippen LogP contribution in [0.2, 0.25) is 0 Å². The number of carbonyl (C=O) groups is 1. The second-order valence-corrected chi connectivity index (χ2v) is 4.81. The average molecular weight is 310 g/mol. The van der Waals surface area contributed by atoms with Crippen LogP contribution in [0.1, 0.15) is 29.3 Å². The molecule has 0 fully saturated rings. The molecule has 0 spiro atoms. The fourth-order valence-electron chi connectivity index (χ4n) is 1.92. The monoisotopic (exact) mass is 310 g/mol. The summed E-state index contributed by atoms with van der Waals surface area (Å²) < 4.78 is 5.18. The quantitative estimate of drug-likeness (QED) is 0.750. The van der Waals surface area contributed by atoms with Crippen molar-refractivity contribution in [2.45, 2.75) is 13.0 Å². The van der Waals surface area contributed by atoms with Gasteiger partial charge in [-0.1, -0.05) is 17.3 Å². The normalized spacial score (nSPS) is 11.9. The number of nitrogens with zero attached hydrogens (tertiary/aromatic N) is 4. The number of rotatable bonds is 4. The van der Waals surface area contributed by atoms with E-state index in [0.717, 1.165) is 0 Å². The molecule has 3 heterocycles. The van der Waals surface area contributed by atoms with Gasteiger partial charge in [-0.05, 0) is 31.2 Å². The third-order valence-electron chi connectivity index (χ3n) is 3.06. The Balaban J connectivity index is 1.73. The molecule has 0 saturated carbocycles. The second kappa shape index (κ2) is 6.22. The summed E-state index contributed by atoms with van der Waals surface area (Å²) in [5.74, 6) is 0.551. The highest BCUT2D eigenvalue weighted by Crippen LogP contribution is 2.16. The van der Waals surface area contributed by atoms with E-state index in [4.69, 9.17) is 10.3 Å². The summed E-state index contributed by atoms with van der Waals surface area (Å²) in [5, 5.41) is 6.60. The Morgan fingerprint density at radius 3 is 2.83 bits per heavy atom. The Kier molecular flexibility index (Phi) is 3.96. The lowest BCUT2D eigenvalue weighted by atomic mass is 10.3. The molecule has 1 amide bonds. The van der Waals surface area contributed by atoms with Gasteiger partial charge in [0.25, 0.3) is 5.91 Å². The van der Waals surface area contributed by atoms with E-state index >= 15 is 0 Å². The van der Waals surface area contributed by atoms with Gasteiger partial charge in [0.15, 0.2) is 0 Å². The maximum Gasteiger partial charge on any atom is 0.270 e. The summed E-state index contributed by atoms with van der Waals surface area (Å²) in [7, 11) is 0. The molecule has 0 aromatic carbocycles. The molecule has 0 aliphatic carbocycles. The maximum atomic E-state index is 12.1. The Morgan fingerprint density at radius 2 is 2.09 bits per heavy atom. The SMILES string of the molecule is C[C@H](NC(=O)c1cccc(N)n1)c1nc(-c2ccccn2)no1. The lowest BCUT2D eigenvalue weighted by Gasteiger charge is -2.09. The number of nitrogen functional groups attached to an aromatic ring is 1. The highest BCUT2D eigenvalue weighted by atomic mass is 16.5. The first-order valence-corrected chi connectivity index (χ1v) is 6.92. The first kappa shape index (κ1) is 14.6. The zero-order valence-corrected chi connectivity index (χ0v) is 12.3. The van der Waals surface area contributed by atoms with Crippen molar-refractivity contribution < 1.29 is 9.32 Å². The van der Waals surface area contributed by atoms with Crippen molar-refractivity contribution in [1.29, 1.82) is 0 Å². The lowest BCUT2D eigenvalue weighted by molar-refractivity contribution is 0.0927. The van der Waals surface area contributed by atoms with Gasteiger partial charge < -0.3 is 15.6 Å². The predicted octanol–water partition coefficient (Wildman–Crippen LogP) is 1.60. The van der Waals surface area contributed by atoms with Crippen molar-refractivity contribution in [2.75, 3.05) is 5.73 Å². The van der Waals surface area contributed by atoms with Gasteiger partial charge in [-0.25, -0.2) is 4.98 Å². The molecule has 1 atom stereocenters. The van der Waals surface area contributed by atoms with Crippen molar-refractivity contribution in [1.82, 2.24) is 25.4 Å². The van der Waals surface area contributed by atoms with E-state index in [1.165, 1.54) is 0 Å². The summed E-state index contributed by atoms with van der Waals surface area (Å²) in [4.78, 5) is 24.5. The van der Waals surface area contributed by atoms with Gasteiger partial charge in [-0.3, -0.25) is 9.78 Å². The van der Waals surface area contributed by atoms with Crippen LogP contribution in [0.15, 0.2) is 47.1 Å². The first-order chi connectivity index (χ1) is 11.1.